The summed E-state index contributed by atoms with van der Waals surface area (Å²) in [7, 11) is 0. The normalized spacial score (nSPS) is 26.9. The third-order valence-corrected chi connectivity index (χ3v) is 4.34. The van der Waals surface area contributed by atoms with Gasteiger partial charge in [-0.15, -0.1) is 0 Å². The SMILES string of the molecule is CC1CCC(OC(c2ccccc2Cl)C(C)N)CC1. The molecule has 0 aliphatic heterocycles. The summed E-state index contributed by atoms with van der Waals surface area (Å²) in [5.41, 5.74) is 7.11. The molecule has 3 heteroatoms. The first-order chi connectivity index (χ1) is 9.08. The largest absolute Gasteiger partial charge is 0.369 e. The molecule has 0 amide bonds. The summed E-state index contributed by atoms with van der Waals surface area (Å²) in [5.74, 6) is 0.828. The number of hydrogen-bond donors (Lipinski definition) is 1. The minimum atomic E-state index is -0.105. The molecule has 1 saturated carbocycles. The van der Waals surface area contributed by atoms with Gasteiger partial charge in [0, 0.05) is 16.6 Å². The number of hydrogen-bond acceptors (Lipinski definition) is 2. The maximum Gasteiger partial charge on any atom is 0.0991 e. The quantitative estimate of drug-likeness (QED) is 0.892. The van der Waals surface area contributed by atoms with Crippen LogP contribution < -0.4 is 5.73 Å². The van der Waals surface area contributed by atoms with Crippen LogP contribution in [0, 0.1) is 5.92 Å². The van der Waals surface area contributed by atoms with Crippen LogP contribution in [0.5, 0.6) is 0 Å². The molecule has 0 spiro atoms. The van der Waals surface area contributed by atoms with E-state index in [4.69, 9.17) is 22.1 Å². The van der Waals surface area contributed by atoms with Gasteiger partial charge in [-0.1, -0.05) is 36.7 Å². The molecular weight excluding hydrogens is 258 g/mol. The van der Waals surface area contributed by atoms with Crippen molar-refractivity contribution in [3.63, 3.8) is 0 Å². The van der Waals surface area contributed by atoms with Crippen molar-refractivity contribution in [3.05, 3.63) is 34.9 Å². The topological polar surface area (TPSA) is 35.2 Å². The van der Waals surface area contributed by atoms with Crippen LogP contribution in [-0.4, -0.2) is 12.1 Å². The minimum Gasteiger partial charge on any atom is -0.369 e. The van der Waals surface area contributed by atoms with E-state index in [-0.39, 0.29) is 12.1 Å². The second-order valence-corrected chi connectivity index (χ2v) is 6.23. The zero-order valence-electron chi connectivity index (χ0n) is 11.8. The van der Waals surface area contributed by atoms with Gasteiger partial charge >= 0.3 is 0 Å². The van der Waals surface area contributed by atoms with Crippen molar-refractivity contribution in [2.45, 2.75) is 57.8 Å². The van der Waals surface area contributed by atoms with Crippen molar-refractivity contribution >= 4 is 11.6 Å². The Bertz CT molecular complexity index is 399. The van der Waals surface area contributed by atoms with E-state index in [9.17, 15) is 0 Å². The van der Waals surface area contributed by atoms with Gasteiger partial charge in [-0.3, -0.25) is 0 Å². The van der Waals surface area contributed by atoms with E-state index in [1.807, 2.05) is 31.2 Å². The molecule has 1 aromatic rings. The highest BCUT2D eigenvalue weighted by molar-refractivity contribution is 6.31. The van der Waals surface area contributed by atoms with E-state index in [0.29, 0.717) is 6.10 Å². The summed E-state index contributed by atoms with van der Waals surface area (Å²) in [4.78, 5) is 0. The van der Waals surface area contributed by atoms with Crippen LogP contribution in [0.3, 0.4) is 0 Å². The second-order valence-electron chi connectivity index (χ2n) is 5.82. The average Bonchev–Trinajstić information content (AvgIpc) is 2.39. The Morgan fingerprint density at radius 3 is 2.42 bits per heavy atom. The average molecular weight is 282 g/mol. The zero-order chi connectivity index (χ0) is 13.8. The fourth-order valence-electron chi connectivity index (χ4n) is 2.76. The van der Waals surface area contributed by atoms with Crippen LogP contribution in [-0.2, 0) is 4.74 Å². The molecule has 0 radical (unpaired) electrons. The highest BCUT2D eigenvalue weighted by Gasteiger charge is 2.26. The van der Waals surface area contributed by atoms with E-state index >= 15 is 0 Å². The van der Waals surface area contributed by atoms with Crippen LogP contribution in [0.25, 0.3) is 0 Å². The summed E-state index contributed by atoms with van der Waals surface area (Å²) >= 11 is 6.27. The first-order valence-corrected chi connectivity index (χ1v) is 7.61. The van der Waals surface area contributed by atoms with Gasteiger partial charge in [0.05, 0.1) is 12.2 Å². The molecule has 1 aliphatic rings. The number of nitrogens with two attached hydrogens (primary N) is 1. The lowest BCUT2D eigenvalue weighted by Crippen LogP contribution is -2.32. The summed E-state index contributed by atoms with van der Waals surface area (Å²) in [6.07, 6.45) is 4.98. The van der Waals surface area contributed by atoms with Gasteiger partial charge in [0.15, 0.2) is 0 Å². The van der Waals surface area contributed by atoms with Crippen LogP contribution in [0.15, 0.2) is 24.3 Å². The molecule has 0 heterocycles. The molecule has 2 nitrogen and oxygen atoms in total. The minimum absolute atomic E-state index is 0.0563. The van der Waals surface area contributed by atoms with Crippen LogP contribution in [0.1, 0.15) is 51.2 Å². The van der Waals surface area contributed by atoms with Crippen molar-refractivity contribution in [2.75, 3.05) is 0 Å². The van der Waals surface area contributed by atoms with E-state index in [0.717, 1.165) is 29.3 Å². The molecular formula is C16H24ClNO. The first kappa shape index (κ1) is 14.8. The lowest BCUT2D eigenvalue weighted by atomic mass is 9.88. The van der Waals surface area contributed by atoms with Gasteiger partial charge in [0.25, 0.3) is 0 Å². The van der Waals surface area contributed by atoms with Gasteiger partial charge in [-0.25, -0.2) is 0 Å². The van der Waals surface area contributed by atoms with Crippen LogP contribution >= 0.6 is 11.6 Å². The zero-order valence-corrected chi connectivity index (χ0v) is 12.6. The van der Waals surface area contributed by atoms with Crippen molar-refractivity contribution in [1.29, 1.82) is 0 Å². The summed E-state index contributed by atoms with van der Waals surface area (Å²) in [6.45, 7) is 4.30. The molecule has 2 N–H and O–H groups in total. The Labute approximate surface area is 121 Å². The molecule has 2 unspecified atom stereocenters. The van der Waals surface area contributed by atoms with Gasteiger partial charge in [0.2, 0.25) is 0 Å². The Hall–Kier alpha value is -0.570. The molecule has 2 atom stereocenters. The van der Waals surface area contributed by atoms with E-state index in [1.54, 1.807) is 0 Å². The Balaban J connectivity index is 2.07. The van der Waals surface area contributed by atoms with Crippen molar-refractivity contribution < 1.29 is 4.74 Å². The highest BCUT2D eigenvalue weighted by Crippen LogP contribution is 2.33. The molecule has 1 aliphatic carbocycles. The molecule has 2 rings (SSSR count). The smallest absolute Gasteiger partial charge is 0.0991 e. The molecule has 1 fully saturated rings. The fourth-order valence-corrected chi connectivity index (χ4v) is 3.00. The van der Waals surface area contributed by atoms with Crippen molar-refractivity contribution in [1.82, 2.24) is 0 Å². The summed E-state index contributed by atoms with van der Waals surface area (Å²) in [6, 6.07) is 7.79. The number of rotatable bonds is 4. The summed E-state index contributed by atoms with van der Waals surface area (Å²) in [5, 5.41) is 0.744. The third-order valence-electron chi connectivity index (χ3n) is 3.99. The highest BCUT2D eigenvalue weighted by atomic mass is 35.5. The first-order valence-electron chi connectivity index (χ1n) is 7.23. The van der Waals surface area contributed by atoms with Crippen LogP contribution in [0.4, 0.5) is 0 Å². The van der Waals surface area contributed by atoms with E-state index in [2.05, 4.69) is 6.92 Å². The van der Waals surface area contributed by atoms with Gasteiger partial charge < -0.3 is 10.5 Å². The number of benzene rings is 1. The van der Waals surface area contributed by atoms with E-state index in [1.165, 1.54) is 12.8 Å². The van der Waals surface area contributed by atoms with Crippen molar-refractivity contribution in [2.24, 2.45) is 11.7 Å². The fraction of sp³-hybridized carbons (Fsp3) is 0.625. The van der Waals surface area contributed by atoms with Crippen LogP contribution in [0.2, 0.25) is 5.02 Å². The standard InChI is InChI=1S/C16H24ClNO/c1-11-7-9-13(10-8-11)19-16(12(2)18)14-5-3-4-6-15(14)17/h3-6,11-13,16H,7-10,18H2,1-2H3. The molecule has 19 heavy (non-hydrogen) atoms. The van der Waals surface area contributed by atoms with E-state index < -0.39 is 0 Å². The lowest BCUT2D eigenvalue weighted by Gasteiger charge is -2.32. The second kappa shape index (κ2) is 6.74. The Morgan fingerprint density at radius 2 is 1.84 bits per heavy atom. The number of ether oxygens (including phenoxy) is 1. The van der Waals surface area contributed by atoms with Gasteiger partial charge in [-0.2, -0.15) is 0 Å². The predicted octanol–water partition coefficient (Wildman–Crippen LogP) is 4.32. The predicted molar refractivity (Wildman–Crippen MR) is 80.3 cm³/mol. The molecule has 0 aromatic heterocycles. The summed E-state index contributed by atoms with van der Waals surface area (Å²) < 4.78 is 6.26. The molecule has 0 saturated heterocycles. The van der Waals surface area contributed by atoms with Gasteiger partial charge in [0.1, 0.15) is 0 Å². The molecule has 0 bridgehead atoms. The van der Waals surface area contributed by atoms with Gasteiger partial charge in [-0.05, 0) is 44.6 Å². The monoisotopic (exact) mass is 281 g/mol. The molecule has 106 valence electrons. The lowest BCUT2D eigenvalue weighted by molar-refractivity contribution is -0.0458. The third kappa shape index (κ3) is 3.95. The maximum absolute atomic E-state index is 6.27. The Kier molecular flexibility index (Phi) is 5.26. The molecule has 1 aromatic carbocycles. The Morgan fingerprint density at radius 1 is 1.21 bits per heavy atom. The maximum atomic E-state index is 6.27. The van der Waals surface area contributed by atoms with Crippen molar-refractivity contribution in [3.8, 4) is 0 Å². The number of halogens is 1.